The number of aromatic nitrogens is 2. The van der Waals surface area contributed by atoms with Crippen molar-refractivity contribution < 1.29 is 14.3 Å². The standard InChI is InChI=1S/C21H21N3O4/c1-23(12-15-13-27-18-8-4-5-9-19(18)28-15)20(25)10-11-24-14-22-17-7-3-2-6-16(17)21(24)26/h2-9,14-15H,10-13H2,1H3/t15-/m0/s1. The van der Waals surface area contributed by atoms with E-state index in [0.29, 0.717) is 29.8 Å². The molecule has 3 aromatic rings. The number of hydrogen-bond acceptors (Lipinski definition) is 5. The summed E-state index contributed by atoms with van der Waals surface area (Å²) in [4.78, 5) is 30.9. The highest BCUT2D eigenvalue weighted by molar-refractivity contribution is 5.77. The molecule has 0 saturated carbocycles. The van der Waals surface area contributed by atoms with Crippen LogP contribution in [0.15, 0.2) is 59.7 Å². The molecule has 144 valence electrons. The van der Waals surface area contributed by atoms with E-state index >= 15 is 0 Å². The van der Waals surface area contributed by atoms with Crippen molar-refractivity contribution in [1.29, 1.82) is 0 Å². The number of hydrogen-bond donors (Lipinski definition) is 0. The van der Waals surface area contributed by atoms with Crippen molar-refractivity contribution in [3.63, 3.8) is 0 Å². The molecule has 1 aromatic heterocycles. The predicted octanol–water partition coefficient (Wildman–Crippen LogP) is 2.08. The monoisotopic (exact) mass is 379 g/mol. The molecule has 2 aromatic carbocycles. The van der Waals surface area contributed by atoms with E-state index in [9.17, 15) is 9.59 Å². The summed E-state index contributed by atoms with van der Waals surface area (Å²) in [6, 6.07) is 14.7. The minimum absolute atomic E-state index is 0.0671. The van der Waals surface area contributed by atoms with Gasteiger partial charge >= 0.3 is 0 Å². The smallest absolute Gasteiger partial charge is 0.261 e. The molecule has 1 aliphatic heterocycles. The van der Waals surface area contributed by atoms with Crippen LogP contribution < -0.4 is 15.0 Å². The average molecular weight is 379 g/mol. The Morgan fingerprint density at radius 1 is 1.18 bits per heavy atom. The van der Waals surface area contributed by atoms with Crippen molar-refractivity contribution in [2.75, 3.05) is 20.2 Å². The topological polar surface area (TPSA) is 73.7 Å². The van der Waals surface area contributed by atoms with E-state index in [0.717, 1.165) is 5.75 Å². The summed E-state index contributed by atoms with van der Waals surface area (Å²) in [6.45, 7) is 1.09. The second-order valence-electron chi connectivity index (χ2n) is 6.78. The van der Waals surface area contributed by atoms with Crippen LogP contribution >= 0.6 is 0 Å². The van der Waals surface area contributed by atoms with Crippen LogP contribution in [0.25, 0.3) is 10.9 Å². The number of fused-ring (bicyclic) bond motifs is 2. The number of ether oxygens (including phenoxy) is 2. The van der Waals surface area contributed by atoms with Crippen LogP contribution in [0.3, 0.4) is 0 Å². The molecule has 0 spiro atoms. The molecular weight excluding hydrogens is 358 g/mol. The molecule has 0 fully saturated rings. The highest BCUT2D eigenvalue weighted by Crippen LogP contribution is 2.30. The third kappa shape index (κ3) is 3.69. The van der Waals surface area contributed by atoms with Crippen molar-refractivity contribution in [2.24, 2.45) is 0 Å². The number of carbonyl (C=O) groups excluding carboxylic acids is 1. The maximum atomic E-state index is 12.5. The predicted molar refractivity (Wildman–Crippen MR) is 105 cm³/mol. The summed E-state index contributed by atoms with van der Waals surface area (Å²) in [5, 5.41) is 0.553. The van der Waals surface area contributed by atoms with E-state index in [1.807, 2.05) is 30.3 Å². The lowest BCUT2D eigenvalue weighted by Gasteiger charge is -2.29. The zero-order chi connectivity index (χ0) is 19.5. The van der Waals surface area contributed by atoms with Crippen LogP contribution in [0.5, 0.6) is 11.5 Å². The van der Waals surface area contributed by atoms with Gasteiger partial charge in [0.25, 0.3) is 5.56 Å². The molecule has 1 aliphatic rings. The molecule has 0 aliphatic carbocycles. The molecule has 1 amide bonds. The third-order valence-electron chi connectivity index (χ3n) is 4.77. The number of aryl methyl sites for hydroxylation is 1. The Bertz CT molecular complexity index is 1060. The number of likely N-dealkylation sites (N-methyl/N-ethyl adjacent to an activating group) is 1. The van der Waals surface area contributed by atoms with E-state index in [1.165, 1.54) is 10.9 Å². The van der Waals surface area contributed by atoms with Gasteiger partial charge in [0, 0.05) is 20.0 Å². The number of para-hydroxylation sites is 3. The zero-order valence-electron chi connectivity index (χ0n) is 15.6. The van der Waals surface area contributed by atoms with Gasteiger partial charge in [-0.3, -0.25) is 14.2 Å². The summed E-state index contributed by atoms with van der Waals surface area (Å²) in [7, 11) is 1.73. The van der Waals surface area contributed by atoms with Crippen molar-refractivity contribution in [3.8, 4) is 11.5 Å². The summed E-state index contributed by atoms with van der Waals surface area (Å²) in [5.41, 5.74) is 0.517. The summed E-state index contributed by atoms with van der Waals surface area (Å²) < 4.78 is 13.1. The minimum atomic E-state index is -0.228. The van der Waals surface area contributed by atoms with Crippen molar-refractivity contribution in [2.45, 2.75) is 19.1 Å². The van der Waals surface area contributed by atoms with Gasteiger partial charge < -0.3 is 14.4 Å². The number of benzene rings is 2. The fourth-order valence-corrected chi connectivity index (χ4v) is 3.23. The number of nitrogens with zero attached hydrogens (tertiary/aromatic N) is 3. The van der Waals surface area contributed by atoms with E-state index in [2.05, 4.69) is 4.98 Å². The lowest BCUT2D eigenvalue weighted by atomic mass is 10.2. The van der Waals surface area contributed by atoms with Gasteiger partial charge in [-0.15, -0.1) is 0 Å². The normalized spacial score (nSPS) is 15.4. The molecular formula is C21H21N3O4. The highest BCUT2D eigenvalue weighted by atomic mass is 16.6. The quantitative estimate of drug-likeness (QED) is 0.679. The Balaban J connectivity index is 1.35. The van der Waals surface area contributed by atoms with Gasteiger partial charge in [0.15, 0.2) is 17.6 Å². The fourth-order valence-electron chi connectivity index (χ4n) is 3.23. The van der Waals surface area contributed by atoms with Crippen molar-refractivity contribution in [3.05, 3.63) is 65.2 Å². The van der Waals surface area contributed by atoms with Crippen LogP contribution in [0, 0.1) is 0 Å². The van der Waals surface area contributed by atoms with E-state index in [-0.39, 0.29) is 30.5 Å². The maximum Gasteiger partial charge on any atom is 0.261 e. The Labute approximate surface area is 162 Å². The van der Waals surface area contributed by atoms with Crippen LogP contribution in [-0.4, -0.2) is 46.7 Å². The van der Waals surface area contributed by atoms with Crippen LogP contribution in [-0.2, 0) is 11.3 Å². The molecule has 7 heteroatoms. The SMILES string of the molecule is CN(C[C@H]1COc2ccccc2O1)C(=O)CCn1cnc2ccccc2c1=O. The first-order valence-electron chi connectivity index (χ1n) is 9.18. The Kier molecular flexibility index (Phi) is 4.97. The molecule has 0 unspecified atom stereocenters. The summed E-state index contributed by atoms with van der Waals surface area (Å²) in [6.07, 6.45) is 1.47. The Morgan fingerprint density at radius 2 is 1.93 bits per heavy atom. The van der Waals surface area contributed by atoms with Crippen LogP contribution in [0.1, 0.15) is 6.42 Å². The van der Waals surface area contributed by atoms with Gasteiger partial charge in [0.1, 0.15) is 6.61 Å². The number of rotatable bonds is 5. The number of amides is 1. The van der Waals surface area contributed by atoms with Crippen molar-refractivity contribution >= 4 is 16.8 Å². The molecule has 0 N–H and O–H groups in total. The molecule has 7 nitrogen and oxygen atoms in total. The van der Waals surface area contributed by atoms with Gasteiger partial charge in [0.2, 0.25) is 5.91 Å². The summed E-state index contributed by atoms with van der Waals surface area (Å²) in [5.74, 6) is 1.34. The van der Waals surface area contributed by atoms with Crippen LogP contribution in [0.2, 0.25) is 0 Å². The Hall–Kier alpha value is -3.35. The van der Waals surface area contributed by atoms with E-state index in [4.69, 9.17) is 9.47 Å². The van der Waals surface area contributed by atoms with E-state index < -0.39 is 0 Å². The second-order valence-corrected chi connectivity index (χ2v) is 6.78. The first kappa shape index (κ1) is 18.0. The first-order chi connectivity index (χ1) is 13.6. The van der Waals surface area contributed by atoms with Gasteiger partial charge in [-0.1, -0.05) is 24.3 Å². The maximum absolute atomic E-state index is 12.5. The van der Waals surface area contributed by atoms with Gasteiger partial charge in [-0.05, 0) is 24.3 Å². The largest absolute Gasteiger partial charge is 0.486 e. The lowest BCUT2D eigenvalue weighted by Crippen LogP contribution is -2.42. The second kappa shape index (κ2) is 7.72. The molecule has 28 heavy (non-hydrogen) atoms. The molecule has 4 rings (SSSR count). The van der Waals surface area contributed by atoms with Gasteiger partial charge in [0.05, 0.1) is 23.8 Å². The first-order valence-corrected chi connectivity index (χ1v) is 9.18. The lowest BCUT2D eigenvalue weighted by molar-refractivity contribution is -0.131. The van der Waals surface area contributed by atoms with Crippen molar-refractivity contribution in [1.82, 2.24) is 14.5 Å². The molecule has 0 saturated heterocycles. The van der Waals surface area contributed by atoms with Gasteiger partial charge in [-0.25, -0.2) is 4.98 Å². The fraction of sp³-hybridized carbons (Fsp3) is 0.286. The van der Waals surface area contributed by atoms with Gasteiger partial charge in [-0.2, -0.15) is 0 Å². The minimum Gasteiger partial charge on any atom is -0.486 e. The van der Waals surface area contributed by atoms with E-state index in [1.54, 1.807) is 30.1 Å². The Morgan fingerprint density at radius 3 is 2.79 bits per heavy atom. The molecule has 2 heterocycles. The molecule has 1 atom stereocenters. The zero-order valence-corrected chi connectivity index (χ0v) is 15.6. The molecule has 0 bridgehead atoms. The summed E-state index contributed by atoms with van der Waals surface area (Å²) >= 11 is 0. The van der Waals surface area contributed by atoms with Crippen LogP contribution in [0.4, 0.5) is 0 Å². The number of carbonyl (C=O) groups is 1. The third-order valence-corrected chi connectivity index (χ3v) is 4.77. The highest BCUT2D eigenvalue weighted by Gasteiger charge is 2.23. The molecule has 0 radical (unpaired) electrons. The average Bonchev–Trinajstić information content (AvgIpc) is 2.73.